The minimum atomic E-state index is -0.881. The fraction of sp³-hybridized carbons (Fsp3) is 0.980. The molecule has 25 nitrogen and oxygen atoms in total. The molecule has 0 amide bonds. The van der Waals surface area contributed by atoms with Crippen LogP contribution in [0.5, 0.6) is 0 Å². The van der Waals surface area contributed by atoms with E-state index in [1.165, 1.54) is 0 Å². The Kier molecular flexibility index (Phi) is 66.3. The Bertz CT molecular complexity index is 1030. The van der Waals surface area contributed by atoms with E-state index in [4.69, 9.17) is 114 Å². The van der Waals surface area contributed by atoms with E-state index < -0.39 is 5.97 Å². The quantitative estimate of drug-likeness (QED) is 0.0830. The van der Waals surface area contributed by atoms with Gasteiger partial charge in [0.05, 0.1) is 303 Å². The van der Waals surface area contributed by atoms with Gasteiger partial charge in [0.2, 0.25) is 0 Å². The molecule has 1 N–H and O–H groups in total. The van der Waals surface area contributed by atoms with Crippen molar-refractivity contribution in [3.05, 3.63) is 0 Å². The molecule has 1 unspecified atom stereocenters. The number of carbonyl (C=O) groups is 1. The lowest BCUT2D eigenvalue weighted by molar-refractivity contribution is -0.140. The largest absolute Gasteiger partial charge is 0.481 e. The molecule has 0 heterocycles. The van der Waals surface area contributed by atoms with Crippen LogP contribution in [-0.4, -0.2) is 315 Å². The number of hydrogen-bond acceptors (Lipinski definition) is 24. The van der Waals surface area contributed by atoms with Gasteiger partial charge in [-0.1, -0.05) is 0 Å². The second kappa shape index (κ2) is 67.7. The van der Waals surface area contributed by atoms with Crippen molar-refractivity contribution in [3.63, 3.8) is 0 Å². The number of aliphatic carboxylic acids is 1. The predicted molar refractivity (Wildman–Crippen MR) is 267 cm³/mol. The van der Waals surface area contributed by atoms with Gasteiger partial charge in [0.25, 0.3) is 0 Å². The minimum Gasteiger partial charge on any atom is -0.481 e. The molecule has 0 fully saturated rings. The summed E-state index contributed by atoms with van der Waals surface area (Å²) < 4.78 is 125. The van der Waals surface area contributed by atoms with Crippen molar-refractivity contribution in [2.24, 2.45) is 0 Å². The van der Waals surface area contributed by atoms with Gasteiger partial charge >= 0.3 is 5.97 Å². The second-order valence-corrected chi connectivity index (χ2v) is 15.1. The lowest BCUT2D eigenvalue weighted by Crippen LogP contribution is -2.18. The van der Waals surface area contributed by atoms with Crippen LogP contribution >= 0.6 is 0 Å². The van der Waals surface area contributed by atoms with Gasteiger partial charge in [-0.25, -0.2) is 0 Å². The highest BCUT2D eigenvalue weighted by atomic mass is 16.6. The summed E-state index contributed by atoms with van der Waals surface area (Å²) in [7, 11) is 1.64. The molecule has 0 spiro atoms. The van der Waals surface area contributed by atoms with Crippen LogP contribution < -0.4 is 0 Å². The third-order valence-electron chi connectivity index (χ3n) is 8.96. The number of rotatable bonds is 69. The van der Waals surface area contributed by atoms with E-state index in [9.17, 15) is 4.79 Å². The second-order valence-electron chi connectivity index (χ2n) is 15.1. The van der Waals surface area contributed by atoms with Crippen molar-refractivity contribution >= 4 is 5.97 Å². The highest BCUT2D eigenvalue weighted by Gasteiger charge is 2.07. The molecule has 0 bridgehead atoms. The molecule has 0 radical (unpaired) electrons. The maximum atomic E-state index is 10.6. The molecule has 0 saturated heterocycles. The van der Waals surface area contributed by atoms with Gasteiger partial charge < -0.3 is 114 Å². The highest BCUT2D eigenvalue weighted by Crippen LogP contribution is 1.97. The zero-order valence-corrected chi connectivity index (χ0v) is 45.1. The SMILES string of the molecule is COCCOCCOCCOCCOCCOCCOCCOCCOCCOCCOCCOCCOCCOCCOCCOCCOCCOCCOCCOCCOCCOCCOC(C)CC(=O)O. The Morgan fingerprint density at radius 1 is 0.243 bits per heavy atom. The summed E-state index contributed by atoms with van der Waals surface area (Å²) in [6.07, 6.45) is -0.357. The van der Waals surface area contributed by atoms with Crippen molar-refractivity contribution in [1.82, 2.24) is 0 Å². The molecule has 0 aromatic carbocycles. The van der Waals surface area contributed by atoms with Gasteiger partial charge in [-0.2, -0.15) is 0 Å². The summed E-state index contributed by atoms with van der Waals surface area (Å²) in [5.74, 6) is -0.881. The Hall–Kier alpha value is -1.45. The van der Waals surface area contributed by atoms with E-state index in [1.807, 2.05) is 0 Å². The Morgan fingerprint density at radius 3 is 0.486 bits per heavy atom. The molecule has 0 aliphatic rings. The van der Waals surface area contributed by atoms with Crippen LogP contribution in [0.3, 0.4) is 0 Å². The number of methoxy groups -OCH3 is 1. The first-order chi connectivity index (χ1) is 36.7. The van der Waals surface area contributed by atoms with E-state index >= 15 is 0 Å². The van der Waals surface area contributed by atoms with Crippen molar-refractivity contribution in [3.8, 4) is 0 Å². The van der Waals surface area contributed by atoms with Crippen molar-refractivity contribution in [2.45, 2.75) is 19.4 Å². The van der Waals surface area contributed by atoms with E-state index in [0.29, 0.717) is 291 Å². The number of carboxylic acids is 1. The standard InChI is InChI=1S/C49H98O25/c1-48(47-49(50)51)74-46-45-73-44-43-72-42-41-71-40-39-70-38-37-69-36-35-68-34-33-67-32-31-66-30-29-65-28-27-64-26-25-63-24-23-62-22-21-61-20-19-60-18-17-59-16-15-58-14-13-57-12-11-56-10-9-55-8-7-54-6-5-53-4-3-52-2/h48H,3-47H2,1-2H3,(H,50,51). The van der Waals surface area contributed by atoms with E-state index in [1.54, 1.807) is 14.0 Å². The monoisotopic (exact) mass is 1090 g/mol. The first kappa shape index (κ1) is 72.5. The summed E-state index contributed by atoms with van der Waals surface area (Å²) in [6, 6.07) is 0. The van der Waals surface area contributed by atoms with E-state index in [0.717, 1.165) is 0 Å². The van der Waals surface area contributed by atoms with Crippen molar-refractivity contribution < 1.29 is 119 Å². The Labute approximate surface area is 441 Å². The fourth-order valence-corrected chi connectivity index (χ4v) is 5.26. The first-order valence-corrected chi connectivity index (χ1v) is 26.1. The van der Waals surface area contributed by atoms with Crippen LogP contribution in [0.15, 0.2) is 0 Å². The average molecular weight is 1090 g/mol. The normalized spacial score (nSPS) is 12.1. The lowest BCUT2D eigenvalue weighted by Gasteiger charge is -2.11. The molecular weight excluding hydrogens is 989 g/mol. The zero-order valence-electron chi connectivity index (χ0n) is 45.1. The first-order valence-electron chi connectivity index (χ1n) is 26.1. The topological polar surface area (TPSA) is 250 Å². The lowest BCUT2D eigenvalue weighted by atomic mass is 10.3. The average Bonchev–Trinajstić information content (AvgIpc) is 3.39. The van der Waals surface area contributed by atoms with Crippen molar-refractivity contribution in [2.75, 3.05) is 298 Å². The van der Waals surface area contributed by atoms with Crippen LogP contribution in [0.2, 0.25) is 0 Å². The maximum absolute atomic E-state index is 10.6. The third kappa shape index (κ3) is 68.6. The van der Waals surface area contributed by atoms with Crippen LogP contribution in [-0.2, 0) is 114 Å². The Balaban J connectivity index is 3.09. The summed E-state index contributed by atoms with van der Waals surface area (Å²) in [5, 5.41) is 8.69. The van der Waals surface area contributed by atoms with Gasteiger partial charge in [0.15, 0.2) is 0 Å². The van der Waals surface area contributed by atoms with E-state index in [-0.39, 0.29) is 12.5 Å². The molecule has 0 saturated carbocycles. The van der Waals surface area contributed by atoms with E-state index in [2.05, 4.69) is 0 Å². The maximum Gasteiger partial charge on any atom is 0.305 e. The molecule has 0 aliphatic carbocycles. The van der Waals surface area contributed by atoms with Gasteiger partial charge in [-0.3, -0.25) is 4.79 Å². The highest BCUT2D eigenvalue weighted by molar-refractivity contribution is 5.67. The summed E-state index contributed by atoms with van der Waals surface area (Å²) in [5.41, 5.74) is 0. The number of carboxylic acid groups (broad SMARTS) is 1. The molecule has 1 atom stereocenters. The molecular formula is C49H98O25. The molecule has 0 aromatic heterocycles. The molecule has 0 rings (SSSR count). The predicted octanol–water partition coefficient (Wildman–Crippen LogP) is 0.861. The van der Waals surface area contributed by atoms with Crippen LogP contribution in [0.25, 0.3) is 0 Å². The van der Waals surface area contributed by atoms with Gasteiger partial charge in [0, 0.05) is 7.11 Å². The summed E-state index contributed by atoms with van der Waals surface area (Å²) in [4.78, 5) is 10.6. The molecule has 25 heteroatoms. The van der Waals surface area contributed by atoms with Crippen LogP contribution in [0.4, 0.5) is 0 Å². The van der Waals surface area contributed by atoms with Gasteiger partial charge in [-0.05, 0) is 6.92 Å². The van der Waals surface area contributed by atoms with Crippen molar-refractivity contribution in [1.29, 1.82) is 0 Å². The number of hydrogen-bond donors (Lipinski definition) is 1. The minimum absolute atomic E-state index is 0.0229. The molecule has 0 aliphatic heterocycles. The van der Waals surface area contributed by atoms with Crippen LogP contribution in [0, 0.1) is 0 Å². The van der Waals surface area contributed by atoms with Crippen LogP contribution in [0.1, 0.15) is 13.3 Å². The third-order valence-corrected chi connectivity index (χ3v) is 8.96. The summed E-state index contributed by atoms with van der Waals surface area (Å²) >= 11 is 0. The fourth-order valence-electron chi connectivity index (χ4n) is 5.26. The zero-order chi connectivity index (χ0) is 53.2. The smallest absolute Gasteiger partial charge is 0.305 e. The Morgan fingerprint density at radius 2 is 0.365 bits per heavy atom. The molecule has 444 valence electrons. The van der Waals surface area contributed by atoms with Gasteiger partial charge in [0.1, 0.15) is 0 Å². The molecule has 0 aromatic rings. The summed E-state index contributed by atoms with van der Waals surface area (Å²) in [6.45, 7) is 23.1. The van der Waals surface area contributed by atoms with Gasteiger partial charge in [-0.15, -0.1) is 0 Å². The molecule has 74 heavy (non-hydrogen) atoms. The number of ether oxygens (including phenoxy) is 23.